The van der Waals surface area contributed by atoms with E-state index in [1.807, 2.05) is 55.7 Å². The first kappa shape index (κ1) is 39.3. The van der Waals surface area contributed by atoms with Crippen LogP contribution in [0.25, 0.3) is 11.1 Å². The van der Waals surface area contributed by atoms with E-state index in [0.717, 1.165) is 23.8 Å². The number of nitrogens with zero attached hydrogens (tertiary/aromatic N) is 2. The second kappa shape index (κ2) is 17.5. The maximum atomic E-state index is 15.0. The van der Waals surface area contributed by atoms with Gasteiger partial charge in [0.25, 0.3) is 0 Å². The molecule has 0 spiro atoms. The average Bonchev–Trinajstić information content (AvgIpc) is 3.44. The Balaban J connectivity index is 1.85. The van der Waals surface area contributed by atoms with Crippen LogP contribution in [0, 0.1) is 17.0 Å². The van der Waals surface area contributed by atoms with Crippen molar-refractivity contribution in [1.82, 2.24) is 20.1 Å². The van der Waals surface area contributed by atoms with Crippen LogP contribution in [0.4, 0.5) is 8.78 Å². The molecule has 0 radical (unpaired) electrons. The molecule has 15 heteroatoms. The molecule has 0 saturated carbocycles. The molecule has 3 rings (SSSR count). The number of carboxylic acid groups (broad SMARTS) is 1. The van der Waals surface area contributed by atoms with Gasteiger partial charge in [-0.2, -0.15) is 0 Å². The highest BCUT2D eigenvalue weighted by Crippen LogP contribution is 2.41. The van der Waals surface area contributed by atoms with E-state index >= 15 is 0 Å². The van der Waals surface area contributed by atoms with E-state index in [-0.39, 0.29) is 31.5 Å². The summed E-state index contributed by atoms with van der Waals surface area (Å²) in [7, 11) is 0. The quantitative estimate of drug-likeness (QED) is 0.123. The standard InChI is InChI=1S/C35H44F2N6O7/c1-35(2,3)32(28-15-22(24-16-23(36)9-10-25(24)37)19-42(28)18-21-7-5-4-6-8-21)43(31(47)20-44)14-12-26(38)33(48)40-13-11-30(46)41-27(34(49)50)17-29(39)45/h4-10,15-16,19,26-27,32,44H,11-14,17-18,20,38H2,1-3H3,(H2,39,45)(H,40,48)(H,41,46)(H,49,50). The van der Waals surface area contributed by atoms with Gasteiger partial charge >= 0.3 is 5.97 Å². The molecule has 270 valence electrons. The van der Waals surface area contributed by atoms with Gasteiger partial charge in [-0.3, -0.25) is 19.2 Å². The molecule has 8 N–H and O–H groups in total. The highest BCUT2D eigenvalue weighted by molar-refractivity contribution is 5.88. The van der Waals surface area contributed by atoms with Crippen molar-refractivity contribution in [2.75, 3.05) is 19.7 Å². The van der Waals surface area contributed by atoms with E-state index in [1.54, 1.807) is 12.3 Å². The van der Waals surface area contributed by atoms with Gasteiger partial charge in [-0.15, -0.1) is 0 Å². The molecule has 3 atom stereocenters. The number of hydrogen-bond acceptors (Lipinski definition) is 7. The minimum Gasteiger partial charge on any atom is -0.480 e. The van der Waals surface area contributed by atoms with Crippen molar-refractivity contribution in [1.29, 1.82) is 0 Å². The van der Waals surface area contributed by atoms with E-state index in [4.69, 9.17) is 16.6 Å². The van der Waals surface area contributed by atoms with Crippen molar-refractivity contribution in [2.24, 2.45) is 16.9 Å². The van der Waals surface area contributed by atoms with E-state index in [2.05, 4.69) is 10.6 Å². The number of nitrogens with one attached hydrogen (secondary N) is 2. The summed E-state index contributed by atoms with van der Waals surface area (Å²) in [6, 6.07) is 10.8. The zero-order valence-corrected chi connectivity index (χ0v) is 28.2. The Hall–Kier alpha value is -5.15. The first-order chi connectivity index (χ1) is 23.5. The van der Waals surface area contributed by atoms with Crippen LogP contribution in [-0.2, 0) is 30.5 Å². The smallest absolute Gasteiger partial charge is 0.326 e. The van der Waals surface area contributed by atoms with E-state index in [1.165, 1.54) is 4.90 Å². The Bertz CT molecular complexity index is 1680. The van der Waals surface area contributed by atoms with Gasteiger partial charge in [0, 0.05) is 49.1 Å². The van der Waals surface area contributed by atoms with Gasteiger partial charge in [0.05, 0.1) is 18.5 Å². The third-order valence-corrected chi connectivity index (χ3v) is 7.94. The number of carbonyl (C=O) groups excluding carboxylic acids is 4. The molecular weight excluding hydrogens is 654 g/mol. The van der Waals surface area contributed by atoms with Crippen LogP contribution in [0.3, 0.4) is 0 Å². The first-order valence-electron chi connectivity index (χ1n) is 15.9. The van der Waals surface area contributed by atoms with Crippen LogP contribution in [0.1, 0.15) is 57.3 Å². The molecule has 1 heterocycles. The summed E-state index contributed by atoms with van der Waals surface area (Å²) in [5, 5.41) is 23.8. The van der Waals surface area contributed by atoms with Gasteiger partial charge in [-0.1, -0.05) is 51.1 Å². The second-order valence-corrected chi connectivity index (χ2v) is 13.0. The van der Waals surface area contributed by atoms with Crippen molar-refractivity contribution in [2.45, 2.75) is 64.7 Å². The van der Waals surface area contributed by atoms with Gasteiger partial charge in [-0.25, -0.2) is 13.6 Å². The number of aliphatic carboxylic acids is 1. The van der Waals surface area contributed by atoms with Crippen LogP contribution in [0.2, 0.25) is 0 Å². The third kappa shape index (κ3) is 10.9. The molecular formula is C35H44F2N6O7. The molecule has 3 aromatic rings. The van der Waals surface area contributed by atoms with E-state index < -0.39 is 77.8 Å². The molecule has 0 fully saturated rings. The number of halogens is 2. The van der Waals surface area contributed by atoms with Crippen LogP contribution in [0.5, 0.6) is 0 Å². The lowest BCUT2D eigenvalue weighted by Crippen LogP contribution is -2.48. The number of aliphatic hydroxyl groups excluding tert-OH is 1. The summed E-state index contributed by atoms with van der Waals surface area (Å²) in [5.74, 6) is -5.64. The van der Waals surface area contributed by atoms with Crippen LogP contribution >= 0.6 is 0 Å². The van der Waals surface area contributed by atoms with Gasteiger partial charge < -0.3 is 41.8 Å². The molecule has 0 aliphatic rings. The lowest BCUT2D eigenvalue weighted by molar-refractivity contribution is -0.143. The van der Waals surface area contributed by atoms with Crippen LogP contribution in [0.15, 0.2) is 60.8 Å². The number of carbonyl (C=O) groups is 5. The molecule has 0 bridgehead atoms. The maximum absolute atomic E-state index is 15.0. The lowest BCUT2D eigenvalue weighted by Gasteiger charge is -2.41. The van der Waals surface area contributed by atoms with Crippen molar-refractivity contribution >= 4 is 29.6 Å². The zero-order chi connectivity index (χ0) is 37.2. The molecule has 0 aliphatic heterocycles. The second-order valence-electron chi connectivity index (χ2n) is 13.0. The predicted octanol–water partition coefficient (Wildman–Crippen LogP) is 2.06. The normalized spacial score (nSPS) is 13.2. The van der Waals surface area contributed by atoms with Crippen molar-refractivity contribution < 1.29 is 43.0 Å². The fourth-order valence-corrected chi connectivity index (χ4v) is 5.61. The third-order valence-electron chi connectivity index (χ3n) is 7.94. The Morgan fingerprint density at radius 3 is 2.30 bits per heavy atom. The largest absolute Gasteiger partial charge is 0.480 e. The van der Waals surface area contributed by atoms with E-state index in [0.29, 0.717) is 17.8 Å². The molecule has 0 saturated heterocycles. The topological polar surface area (TPSA) is 210 Å². The molecule has 1 aromatic heterocycles. The first-order valence-corrected chi connectivity index (χ1v) is 15.9. The number of primary amides is 1. The number of carboxylic acids is 1. The Labute approximate surface area is 288 Å². The summed E-state index contributed by atoms with van der Waals surface area (Å²) in [6.45, 7) is 4.85. The summed E-state index contributed by atoms with van der Waals surface area (Å²) in [6.07, 6.45) is 0.717. The molecule has 13 nitrogen and oxygen atoms in total. The van der Waals surface area contributed by atoms with Gasteiger partial charge in [-0.05, 0) is 41.7 Å². The van der Waals surface area contributed by atoms with Crippen LogP contribution in [-0.4, -0.2) is 81.1 Å². The fourth-order valence-electron chi connectivity index (χ4n) is 5.61. The summed E-state index contributed by atoms with van der Waals surface area (Å²) in [4.78, 5) is 62.1. The highest BCUT2D eigenvalue weighted by Gasteiger charge is 2.37. The van der Waals surface area contributed by atoms with Gasteiger partial charge in [0.1, 0.15) is 24.3 Å². The number of amides is 4. The number of nitrogens with two attached hydrogens (primary N) is 2. The van der Waals surface area contributed by atoms with Crippen LogP contribution < -0.4 is 22.1 Å². The molecule has 2 aromatic carbocycles. The Kier molecular flexibility index (Phi) is 13.7. The SMILES string of the molecule is CC(C)(C)C(c1cc(-c2cc(F)ccc2F)cn1Cc1ccccc1)N(CCC(N)C(=O)NCCC(=O)NC(CC(N)=O)C(=O)O)C(=O)CO. The molecule has 0 aliphatic carbocycles. The average molecular weight is 699 g/mol. The monoisotopic (exact) mass is 698 g/mol. The van der Waals surface area contributed by atoms with Crippen molar-refractivity contribution in [3.8, 4) is 11.1 Å². The number of benzene rings is 2. The minimum absolute atomic E-state index is 0.0319. The Morgan fingerprint density at radius 1 is 1.02 bits per heavy atom. The van der Waals surface area contributed by atoms with Gasteiger partial charge in [0.2, 0.25) is 23.6 Å². The number of hydrogen-bond donors (Lipinski definition) is 6. The Morgan fingerprint density at radius 2 is 1.70 bits per heavy atom. The predicted molar refractivity (Wildman–Crippen MR) is 180 cm³/mol. The zero-order valence-electron chi connectivity index (χ0n) is 28.2. The van der Waals surface area contributed by atoms with Crippen molar-refractivity contribution in [3.63, 3.8) is 0 Å². The maximum Gasteiger partial charge on any atom is 0.326 e. The fraction of sp³-hybridized carbons (Fsp3) is 0.400. The van der Waals surface area contributed by atoms with Gasteiger partial charge in [0.15, 0.2) is 0 Å². The van der Waals surface area contributed by atoms with E-state index in [9.17, 15) is 37.9 Å². The highest BCUT2D eigenvalue weighted by atomic mass is 19.1. The summed E-state index contributed by atoms with van der Waals surface area (Å²) < 4.78 is 31.0. The summed E-state index contributed by atoms with van der Waals surface area (Å²) in [5.41, 5.74) is 12.4. The minimum atomic E-state index is -1.51. The summed E-state index contributed by atoms with van der Waals surface area (Å²) >= 11 is 0. The lowest BCUT2D eigenvalue weighted by atomic mass is 9.82. The number of aliphatic hydroxyl groups is 1. The molecule has 3 unspecified atom stereocenters. The molecule has 50 heavy (non-hydrogen) atoms. The molecule has 4 amide bonds. The van der Waals surface area contributed by atoms with Crippen molar-refractivity contribution in [3.05, 3.63) is 83.7 Å². The number of rotatable bonds is 17. The number of aromatic nitrogens is 1.